The lowest BCUT2D eigenvalue weighted by atomic mass is 9.89. The van der Waals surface area contributed by atoms with E-state index in [0.29, 0.717) is 17.7 Å². The van der Waals surface area contributed by atoms with Crippen molar-refractivity contribution in [2.75, 3.05) is 17.2 Å². The van der Waals surface area contributed by atoms with E-state index in [2.05, 4.69) is 28.4 Å². The normalized spacial score (nSPS) is 15.0. The molecule has 0 bridgehead atoms. The number of anilines is 1. The van der Waals surface area contributed by atoms with E-state index in [0.717, 1.165) is 35.2 Å². The van der Waals surface area contributed by atoms with Gasteiger partial charge in [-0.25, -0.2) is 0 Å². The van der Waals surface area contributed by atoms with Gasteiger partial charge in [0.1, 0.15) is 0 Å². The van der Waals surface area contributed by atoms with Crippen LogP contribution >= 0.6 is 11.8 Å². The molecule has 0 saturated heterocycles. The molecule has 1 saturated carbocycles. The highest BCUT2D eigenvalue weighted by molar-refractivity contribution is 7.99. The highest BCUT2D eigenvalue weighted by atomic mass is 32.2. The molecule has 0 aliphatic heterocycles. The third kappa shape index (κ3) is 4.07. The van der Waals surface area contributed by atoms with Crippen molar-refractivity contribution >= 4 is 34.1 Å². The summed E-state index contributed by atoms with van der Waals surface area (Å²) in [6, 6.07) is 14.2. The largest absolute Gasteiger partial charge is 0.416 e. The molecule has 3 aromatic rings. The predicted octanol–water partition coefficient (Wildman–Crippen LogP) is 5.42. The number of carbonyl (C=O) groups is 1. The van der Waals surface area contributed by atoms with Gasteiger partial charge in [0, 0.05) is 17.8 Å². The molecule has 0 spiro atoms. The number of amides is 1. The van der Waals surface area contributed by atoms with E-state index >= 15 is 0 Å². The summed E-state index contributed by atoms with van der Waals surface area (Å²) < 4.78 is 5.83. The standard InChI is InChI=1S/C22H25N3O2S/c1-2-25(19-14-8-12-16-9-6-7-13-18(16)19)20(26)15-28-22-24-23-21(27-22)17-10-4-3-5-11-17/h6-9,12-14,17H,2-5,10-11,15H2,1H3. The second kappa shape index (κ2) is 8.78. The Labute approximate surface area is 169 Å². The van der Waals surface area contributed by atoms with Crippen LogP contribution in [0.25, 0.3) is 10.8 Å². The lowest BCUT2D eigenvalue weighted by molar-refractivity contribution is -0.116. The average Bonchev–Trinajstić information content (AvgIpc) is 3.23. The Morgan fingerprint density at radius 3 is 2.71 bits per heavy atom. The quantitative estimate of drug-likeness (QED) is 0.522. The Hall–Kier alpha value is -2.34. The Morgan fingerprint density at radius 2 is 1.89 bits per heavy atom. The second-order valence-corrected chi connectivity index (χ2v) is 8.09. The minimum atomic E-state index is 0.0428. The van der Waals surface area contributed by atoms with Crippen LogP contribution in [0.5, 0.6) is 0 Å². The number of aromatic nitrogens is 2. The fourth-order valence-corrected chi connectivity index (χ4v) is 4.57. The Morgan fingerprint density at radius 1 is 1.11 bits per heavy atom. The van der Waals surface area contributed by atoms with E-state index in [9.17, 15) is 4.79 Å². The van der Waals surface area contributed by atoms with Crippen LogP contribution in [0.4, 0.5) is 5.69 Å². The van der Waals surface area contributed by atoms with E-state index in [-0.39, 0.29) is 11.7 Å². The van der Waals surface area contributed by atoms with Crippen LogP contribution in [0.15, 0.2) is 52.1 Å². The average molecular weight is 396 g/mol. The Kier molecular flexibility index (Phi) is 5.95. The predicted molar refractivity (Wildman–Crippen MR) is 113 cm³/mol. The molecule has 1 aromatic heterocycles. The molecule has 28 heavy (non-hydrogen) atoms. The fraction of sp³-hybridized carbons (Fsp3) is 0.409. The first kappa shape index (κ1) is 19.0. The molecule has 1 heterocycles. The van der Waals surface area contributed by atoms with Crippen molar-refractivity contribution in [1.82, 2.24) is 10.2 Å². The van der Waals surface area contributed by atoms with E-state index < -0.39 is 0 Å². The summed E-state index contributed by atoms with van der Waals surface area (Å²) in [5, 5.41) is 11.1. The number of fused-ring (bicyclic) bond motifs is 1. The number of rotatable bonds is 6. The highest BCUT2D eigenvalue weighted by Gasteiger charge is 2.22. The fourth-order valence-electron chi connectivity index (χ4n) is 3.92. The van der Waals surface area contributed by atoms with Crippen molar-refractivity contribution in [1.29, 1.82) is 0 Å². The molecule has 6 heteroatoms. The van der Waals surface area contributed by atoms with Gasteiger partial charge in [0.15, 0.2) is 0 Å². The summed E-state index contributed by atoms with van der Waals surface area (Å²) in [7, 11) is 0. The number of nitrogens with zero attached hydrogens (tertiary/aromatic N) is 3. The van der Waals surface area contributed by atoms with Crippen molar-refractivity contribution in [2.45, 2.75) is 50.2 Å². The van der Waals surface area contributed by atoms with Crippen LogP contribution in [0.1, 0.15) is 50.8 Å². The van der Waals surface area contributed by atoms with Crippen LogP contribution in [-0.4, -0.2) is 28.4 Å². The van der Waals surface area contributed by atoms with Gasteiger partial charge in [-0.2, -0.15) is 0 Å². The number of carbonyl (C=O) groups excluding carboxylic acids is 1. The van der Waals surface area contributed by atoms with Crippen LogP contribution in [-0.2, 0) is 4.79 Å². The van der Waals surface area contributed by atoms with Crippen molar-refractivity contribution in [3.8, 4) is 0 Å². The zero-order valence-electron chi connectivity index (χ0n) is 16.1. The molecule has 1 amide bonds. The summed E-state index contributed by atoms with van der Waals surface area (Å²) in [6.07, 6.45) is 5.99. The summed E-state index contributed by atoms with van der Waals surface area (Å²) in [4.78, 5) is 14.7. The molecule has 1 aliphatic carbocycles. The van der Waals surface area contributed by atoms with Gasteiger partial charge in [0.05, 0.1) is 11.4 Å². The number of benzene rings is 2. The van der Waals surface area contributed by atoms with Crippen molar-refractivity contribution in [3.05, 3.63) is 48.4 Å². The maximum Gasteiger partial charge on any atom is 0.277 e. The third-order valence-corrected chi connectivity index (χ3v) is 6.17. The zero-order valence-corrected chi connectivity index (χ0v) is 17.0. The molecule has 0 unspecified atom stereocenters. The van der Waals surface area contributed by atoms with Gasteiger partial charge in [0.2, 0.25) is 11.8 Å². The molecule has 0 atom stereocenters. The molecule has 5 nitrogen and oxygen atoms in total. The van der Waals surface area contributed by atoms with Crippen LogP contribution in [0.2, 0.25) is 0 Å². The smallest absolute Gasteiger partial charge is 0.277 e. The van der Waals surface area contributed by atoms with Crippen LogP contribution in [0, 0.1) is 0 Å². The first-order valence-electron chi connectivity index (χ1n) is 10.0. The molecular weight excluding hydrogens is 370 g/mol. The molecule has 2 aromatic carbocycles. The van der Waals surface area contributed by atoms with Crippen molar-refractivity contribution in [3.63, 3.8) is 0 Å². The number of hydrogen-bond donors (Lipinski definition) is 0. The van der Waals surface area contributed by atoms with Crippen molar-refractivity contribution in [2.24, 2.45) is 0 Å². The SMILES string of the molecule is CCN(C(=O)CSc1nnc(C2CCCCC2)o1)c1cccc2ccccc12. The zero-order chi connectivity index (χ0) is 19.3. The molecule has 1 fully saturated rings. The number of thioether (sulfide) groups is 1. The summed E-state index contributed by atoms with van der Waals surface area (Å²) >= 11 is 1.33. The summed E-state index contributed by atoms with van der Waals surface area (Å²) in [5.41, 5.74) is 0.944. The van der Waals surface area contributed by atoms with Gasteiger partial charge in [-0.3, -0.25) is 4.79 Å². The van der Waals surface area contributed by atoms with Gasteiger partial charge < -0.3 is 9.32 Å². The topological polar surface area (TPSA) is 59.2 Å². The molecular formula is C22H25N3O2S. The van der Waals surface area contributed by atoms with Gasteiger partial charge in [-0.1, -0.05) is 67.4 Å². The first-order valence-corrected chi connectivity index (χ1v) is 11.0. The van der Waals surface area contributed by atoms with Gasteiger partial charge in [-0.05, 0) is 31.2 Å². The highest BCUT2D eigenvalue weighted by Crippen LogP contribution is 2.33. The molecule has 0 N–H and O–H groups in total. The maximum atomic E-state index is 12.9. The second-order valence-electron chi connectivity index (χ2n) is 7.17. The minimum absolute atomic E-state index is 0.0428. The van der Waals surface area contributed by atoms with Crippen molar-refractivity contribution < 1.29 is 9.21 Å². The molecule has 146 valence electrons. The Balaban J connectivity index is 1.44. The lowest BCUT2D eigenvalue weighted by Gasteiger charge is -2.22. The van der Waals surface area contributed by atoms with E-state index in [1.807, 2.05) is 36.1 Å². The van der Waals surface area contributed by atoms with E-state index in [1.54, 1.807) is 0 Å². The molecule has 4 rings (SSSR count). The maximum absolute atomic E-state index is 12.9. The summed E-state index contributed by atoms with van der Waals surface area (Å²) in [5.74, 6) is 1.44. The number of hydrogen-bond acceptors (Lipinski definition) is 5. The van der Waals surface area contributed by atoms with Crippen LogP contribution < -0.4 is 4.90 Å². The van der Waals surface area contributed by atoms with Gasteiger partial charge >= 0.3 is 0 Å². The van der Waals surface area contributed by atoms with E-state index in [1.165, 1.54) is 31.0 Å². The van der Waals surface area contributed by atoms with Gasteiger partial charge in [0.25, 0.3) is 5.22 Å². The molecule has 0 radical (unpaired) electrons. The first-order chi connectivity index (χ1) is 13.8. The monoisotopic (exact) mass is 395 g/mol. The third-order valence-electron chi connectivity index (χ3n) is 5.37. The molecule has 1 aliphatic rings. The Bertz CT molecular complexity index is 944. The lowest BCUT2D eigenvalue weighted by Crippen LogP contribution is -2.32. The summed E-state index contributed by atoms with van der Waals surface area (Å²) in [6.45, 7) is 2.61. The van der Waals surface area contributed by atoms with Crippen LogP contribution in [0.3, 0.4) is 0 Å². The minimum Gasteiger partial charge on any atom is -0.416 e. The van der Waals surface area contributed by atoms with E-state index in [4.69, 9.17) is 4.42 Å². The van der Waals surface area contributed by atoms with Gasteiger partial charge in [-0.15, -0.1) is 10.2 Å².